The number of carbonyl (C=O) groups is 2. The largest absolute Gasteiger partial charge is 1.00 e. The van der Waals surface area contributed by atoms with Crippen LogP contribution in [0.15, 0.2) is 0 Å². The van der Waals surface area contributed by atoms with Crippen LogP contribution in [0.3, 0.4) is 0 Å². The summed E-state index contributed by atoms with van der Waals surface area (Å²) < 4.78 is 0. The molecule has 6 nitrogen and oxygen atoms in total. The molecule has 0 aliphatic carbocycles. The number of hydrogen-bond donors (Lipinski definition) is 3. The smallest absolute Gasteiger partial charge is 0.565 e. The van der Waals surface area contributed by atoms with Crippen LogP contribution in [-0.4, -0.2) is 27.6 Å². The van der Waals surface area contributed by atoms with Crippen molar-refractivity contribution in [3.8, 4) is 0 Å². The molecule has 48 valence electrons. The fourth-order valence-corrected chi connectivity index (χ4v) is 0. The molecule has 0 rings (SSSR count). The molecule has 0 fully saturated rings. The molecular weight excluding hydrogens is 159 g/mol. The van der Waals surface area contributed by atoms with Crippen molar-refractivity contribution in [2.24, 2.45) is 0 Å². The molecule has 0 aliphatic heterocycles. The first kappa shape index (κ1) is 16.1. The van der Waals surface area contributed by atoms with Crippen LogP contribution in [0.25, 0.3) is 0 Å². The van der Waals surface area contributed by atoms with Gasteiger partial charge in [-0.05, 0) is 0 Å². The maximum atomic E-state index is 8.56. The zero-order valence-corrected chi connectivity index (χ0v) is 7.69. The minimum absolute atomic E-state index is 0. The van der Waals surface area contributed by atoms with Crippen molar-refractivity contribution in [1.82, 2.24) is 0 Å². The molecule has 0 aromatic rings. The van der Waals surface area contributed by atoms with Gasteiger partial charge in [0, 0.05) is 0 Å². The maximum Gasteiger partial charge on any atom is 1.00 e. The van der Waals surface area contributed by atoms with Crippen molar-refractivity contribution in [2.75, 3.05) is 0 Å². The van der Waals surface area contributed by atoms with Gasteiger partial charge in [-0.3, -0.25) is 0 Å². The van der Waals surface area contributed by atoms with E-state index in [1.54, 1.807) is 0 Å². The Morgan fingerprint density at radius 1 is 1.11 bits per heavy atom. The molecule has 7 heteroatoms. The Labute approximate surface area is 92.5 Å². The predicted molar refractivity (Wildman–Crippen MR) is 18.7 cm³/mol. The van der Waals surface area contributed by atoms with Gasteiger partial charge in [-0.2, -0.15) is 0 Å². The molecule has 0 aromatic heterocycles. The van der Waals surface area contributed by atoms with Gasteiger partial charge in [0.25, 0.3) is 0 Å². The summed E-state index contributed by atoms with van der Waals surface area (Å²) in [5.41, 5.74) is 0. The van der Waals surface area contributed by atoms with E-state index in [9.17, 15) is 0 Å². The van der Waals surface area contributed by atoms with E-state index in [0.717, 1.165) is 0 Å². The van der Waals surface area contributed by atoms with Crippen LogP contribution in [-0.2, 0) is 0 Å². The van der Waals surface area contributed by atoms with E-state index in [1.165, 1.54) is 0 Å². The second-order valence-corrected chi connectivity index (χ2v) is 0.548. The standard InChI is InChI=1S/2CH2O3.K/c2*2-1(3)4;/h2*(H2,2,3,4);/q;;+1/p-1. The summed E-state index contributed by atoms with van der Waals surface area (Å²) in [7, 11) is 0. The second kappa shape index (κ2) is 11.0. The second-order valence-electron chi connectivity index (χ2n) is 0.548. The molecule has 0 aromatic carbocycles. The summed E-state index contributed by atoms with van der Waals surface area (Å²) >= 11 is 0. The molecule has 0 aliphatic rings. The van der Waals surface area contributed by atoms with E-state index < -0.39 is 12.3 Å². The monoisotopic (exact) mass is 162 g/mol. The summed E-state index contributed by atoms with van der Waals surface area (Å²) in [5, 5.41) is 29.2. The third kappa shape index (κ3) is 10000. The van der Waals surface area contributed by atoms with Gasteiger partial charge in [0.15, 0.2) is 0 Å². The van der Waals surface area contributed by atoms with Crippen molar-refractivity contribution in [3.05, 3.63) is 0 Å². The summed E-state index contributed by atoms with van der Waals surface area (Å²) in [6.45, 7) is 0. The Morgan fingerprint density at radius 3 is 1.11 bits per heavy atom. The molecular formula is C2H3KO6. The number of rotatable bonds is 0. The molecule has 0 amide bonds. The van der Waals surface area contributed by atoms with Crippen molar-refractivity contribution >= 4 is 12.3 Å². The van der Waals surface area contributed by atoms with Gasteiger partial charge in [-0.25, -0.2) is 4.79 Å². The Bertz CT molecular complexity index is 69.1. The molecule has 0 atom stereocenters. The molecule has 0 bridgehead atoms. The van der Waals surface area contributed by atoms with Crippen LogP contribution in [0.4, 0.5) is 9.59 Å². The molecule has 0 spiro atoms. The zero-order chi connectivity index (χ0) is 7.15. The Balaban J connectivity index is -0.0000000720. The quantitative estimate of drug-likeness (QED) is 0.313. The van der Waals surface area contributed by atoms with E-state index in [-0.39, 0.29) is 51.4 Å². The van der Waals surface area contributed by atoms with Crippen LogP contribution in [0.2, 0.25) is 0 Å². The van der Waals surface area contributed by atoms with Gasteiger partial charge >= 0.3 is 57.5 Å². The van der Waals surface area contributed by atoms with Gasteiger partial charge in [0.1, 0.15) is 0 Å². The fraction of sp³-hybridized carbons (Fsp3) is 0. The molecule has 0 heterocycles. The van der Waals surface area contributed by atoms with Gasteiger partial charge in [-0.15, -0.1) is 0 Å². The summed E-state index contributed by atoms with van der Waals surface area (Å²) in [4.78, 5) is 17.0. The molecule has 0 unspecified atom stereocenters. The Hall–Kier alpha value is 0.176. The maximum absolute atomic E-state index is 8.56. The van der Waals surface area contributed by atoms with Gasteiger partial charge in [0.05, 0.1) is 0 Å². The van der Waals surface area contributed by atoms with Crippen LogP contribution in [0.5, 0.6) is 0 Å². The van der Waals surface area contributed by atoms with Crippen LogP contribution >= 0.6 is 0 Å². The Morgan fingerprint density at radius 2 is 1.11 bits per heavy atom. The first-order valence-electron chi connectivity index (χ1n) is 1.28. The summed E-state index contributed by atoms with van der Waals surface area (Å²) in [6.07, 6.45) is -3.92. The molecule has 9 heavy (non-hydrogen) atoms. The zero-order valence-electron chi connectivity index (χ0n) is 4.57. The minimum Gasteiger partial charge on any atom is -0.565 e. The van der Waals surface area contributed by atoms with Gasteiger partial charge < -0.3 is 25.2 Å². The van der Waals surface area contributed by atoms with Crippen molar-refractivity contribution < 1.29 is 81.4 Å². The normalized spacial score (nSPS) is 5.33. The minimum atomic E-state index is -2.08. The molecule has 0 saturated heterocycles. The van der Waals surface area contributed by atoms with Crippen molar-refractivity contribution in [3.63, 3.8) is 0 Å². The van der Waals surface area contributed by atoms with E-state index in [4.69, 9.17) is 30.0 Å². The average Bonchev–Trinajstić information content (AvgIpc) is 1.25. The third-order valence-corrected chi connectivity index (χ3v) is 0. The van der Waals surface area contributed by atoms with E-state index in [1.807, 2.05) is 0 Å². The van der Waals surface area contributed by atoms with Crippen LogP contribution in [0, 0.1) is 0 Å². The van der Waals surface area contributed by atoms with Gasteiger partial charge in [-0.1, -0.05) is 0 Å². The number of carboxylic acid groups (broad SMARTS) is 4. The summed E-state index contributed by atoms with van der Waals surface area (Å²) in [6, 6.07) is 0. The molecule has 0 radical (unpaired) electrons. The topological polar surface area (TPSA) is 118 Å². The fourth-order valence-electron chi connectivity index (χ4n) is 0. The number of hydrogen-bond acceptors (Lipinski definition) is 3. The van der Waals surface area contributed by atoms with E-state index >= 15 is 0 Å². The molecule has 3 N–H and O–H groups in total. The predicted octanol–water partition coefficient (Wildman–Crippen LogP) is -3.89. The van der Waals surface area contributed by atoms with Gasteiger partial charge in [0.2, 0.25) is 6.16 Å². The third-order valence-electron chi connectivity index (χ3n) is 0. The van der Waals surface area contributed by atoms with Crippen LogP contribution in [0.1, 0.15) is 0 Å². The van der Waals surface area contributed by atoms with Crippen LogP contribution < -0.4 is 56.5 Å². The van der Waals surface area contributed by atoms with E-state index in [0.29, 0.717) is 0 Å². The molecule has 0 saturated carbocycles. The van der Waals surface area contributed by atoms with Crippen molar-refractivity contribution in [1.29, 1.82) is 0 Å². The van der Waals surface area contributed by atoms with E-state index in [2.05, 4.69) is 0 Å². The first-order valence-corrected chi connectivity index (χ1v) is 1.28. The SMILES string of the molecule is O=C(O)O.O=C([O-])O.[K+]. The first-order chi connectivity index (χ1) is 3.46. The summed E-state index contributed by atoms with van der Waals surface area (Å²) in [5.74, 6) is 0. The van der Waals surface area contributed by atoms with Crippen molar-refractivity contribution in [2.45, 2.75) is 0 Å². The average molecular weight is 162 g/mol. The Kier molecular flexibility index (Phi) is 19.7.